The zero-order chi connectivity index (χ0) is 12.1. The summed E-state index contributed by atoms with van der Waals surface area (Å²) >= 11 is 5.71. The Hall–Kier alpha value is -0.510. The van der Waals surface area contributed by atoms with Crippen LogP contribution < -0.4 is 5.32 Å². The highest BCUT2D eigenvalue weighted by molar-refractivity contribution is 6.28. The Bertz CT molecular complexity index is 334. The van der Waals surface area contributed by atoms with Gasteiger partial charge in [0, 0.05) is 19.1 Å². The molecule has 0 aromatic carbocycles. The van der Waals surface area contributed by atoms with Crippen LogP contribution in [0.25, 0.3) is 0 Å². The fourth-order valence-corrected chi connectivity index (χ4v) is 2.60. The summed E-state index contributed by atoms with van der Waals surface area (Å²) in [4.78, 5) is 2.47. The molecule has 0 unspecified atom stereocenters. The van der Waals surface area contributed by atoms with Gasteiger partial charge >= 0.3 is 0 Å². The van der Waals surface area contributed by atoms with Crippen molar-refractivity contribution in [2.45, 2.75) is 38.3 Å². The minimum Gasteiger partial charge on any atom is -0.448 e. The third kappa shape index (κ3) is 4.02. The number of hydrogen-bond acceptors (Lipinski definition) is 3. The Labute approximate surface area is 108 Å². The normalized spacial score (nSPS) is 17.1. The van der Waals surface area contributed by atoms with Crippen molar-refractivity contribution in [2.24, 2.45) is 0 Å². The van der Waals surface area contributed by atoms with Crippen molar-refractivity contribution in [1.82, 2.24) is 10.2 Å². The van der Waals surface area contributed by atoms with Crippen LogP contribution >= 0.6 is 11.6 Å². The predicted molar refractivity (Wildman–Crippen MR) is 70.3 cm³/mol. The molecule has 1 aromatic rings. The lowest BCUT2D eigenvalue weighted by Crippen LogP contribution is -2.35. The van der Waals surface area contributed by atoms with E-state index in [4.69, 9.17) is 16.0 Å². The maximum absolute atomic E-state index is 5.71. The Morgan fingerprint density at radius 1 is 1.41 bits per heavy atom. The first-order chi connectivity index (χ1) is 8.25. The van der Waals surface area contributed by atoms with E-state index in [2.05, 4.69) is 17.3 Å². The van der Waals surface area contributed by atoms with Gasteiger partial charge in [0.15, 0.2) is 5.22 Å². The average Bonchev–Trinajstić information content (AvgIpc) is 2.95. The first-order valence-corrected chi connectivity index (χ1v) is 6.78. The number of rotatable bonds is 6. The largest absolute Gasteiger partial charge is 0.448 e. The van der Waals surface area contributed by atoms with Gasteiger partial charge < -0.3 is 14.6 Å². The number of hydrogen-bond donors (Lipinski definition) is 1. The molecule has 0 amide bonds. The van der Waals surface area contributed by atoms with Gasteiger partial charge in [-0.3, -0.25) is 0 Å². The Kier molecular flexibility index (Phi) is 4.89. The van der Waals surface area contributed by atoms with Crippen LogP contribution in [-0.4, -0.2) is 31.1 Å². The molecule has 0 bridgehead atoms. The van der Waals surface area contributed by atoms with E-state index >= 15 is 0 Å². The Morgan fingerprint density at radius 3 is 2.82 bits per heavy atom. The minimum atomic E-state index is 0.463. The number of likely N-dealkylation sites (N-methyl/N-ethyl adjacent to an activating group) is 1. The summed E-state index contributed by atoms with van der Waals surface area (Å²) in [5, 5.41) is 3.84. The molecular formula is C13H21ClN2O. The van der Waals surface area contributed by atoms with Crippen molar-refractivity contribution in [3.05, 3.63) is 23.1 Å². The SMILES string of the molecule is CN(CCNCc1ccc(Cl)o1)C1CCCC1. The van der Waals surface area contributed by atoms with Crippen molar-refractivity contribution in [3.63, 3.8) is 0 Å². The van der Waals surface area contributed by atoms with Crippen molar-refractivity contribution < 1.29 is 4.42 Å². The second-order valence-electron chi connectivity index (χ2n) is 4.80. The highest BCUT2D eigenvalue weighted by Crippen LogP contribution is 2.21. The summed E-state index contributed by atoms with van der Waals surface area (Å²) in [6.45, 7) is 2.84. The summed E-state index contributed by atoms with van der Waals surface area (Å²) in [6.07, 6.45) is 5.52. The smallest absolute Gasteiger partial charge is 0.193 e. The summed E-state index contributed by atoms with van der Waals surface area (Å²) in [5.41, 5.74) is 0. The van der Waals surface area contributed by atoms with E-state index in [9.17, 15) is 0 Å². The molecule has 0 radical (unpaired) electrons. The minimum absolute atomic E-state index is 0.463. The van der Waals surface area contributed by atoms with Gasteiger partial charge in [0.05, 0.1) is 6.54 Å². The van der Waals surface area contributed by atoms with E-state index in [1.807, 2.05) is 6.07 Å². The fraction of sp³-hybridized carbons (Fsp3) is 0.692. The maximum atomic E-state index is 5.71. The lowest BCUT2D eigenvalue weighted by molar-refractivity contribution is 0.244. The van der Waals surface area contributed by atoms with Crippen LogP contribution in [0.1, 0.15) is 31.4 Å². The molecule has 1 aliphatic rings. The third-order valence-electron chi connectivity index (χ3n) is 3.52. The molecule has 0 atom stereocenters. The van der Waals surface area contributed by atoms with Gasteiger partial charge in [-0.25, -0.2) is 0 Å². The van der Waals surface area contributed by atoms with Crippen LogP contribution in [0.3, 0.4) is 0 Å². The Balaban J connectivity index is 1.59. The topological polar surface area (TPSA) is 28.4 Å². The molecule has 1 fully saturated rings. The summed E-state index contributed by atoms with van der Waals surface area (Å²) in [5.74, 6) is 0.901. The van der Waals surface area contributed by atoms with E-state index in [1.54, 1.807) is 6.07 Å². The van der Waals surface area contributed by atoms with E-state index in [1.165, 1.54) is 25.7 Å². The van der Waals surface area contributed by atoms with Crippen molar-refractivity contribution in [2.75, 3.05) is 20.1 Å². The van der Waals surface area contributed by atoms with Crippen LogP contribution in [0.5, 0.6) is 0 Å². The molecular weight excluding hydrogens is 236 g/mol. The highest BCUT2D eigenvalue weighted by Gasteiger charge is 2.18. The van der Waals surface area contributed by atoms with Gasteiger partial charge in [0.1, 0.15) is 5.76 Å². The molecule has 1 aromatic heterocycles. The van der Waals surface area contributed by atoms with E-state index < -0.39 is 0 Å². The average molecular weight is 257 g/mol. The zero-order valence-electron chi connectivity index (χ0n) is 10.4. The molecule has 3 nitrogen and oxygen atoms in total. The number of nitrogens with zero attached hydrogens (tertiary/aromatic N) is 1. The third-order valence-corrected chi connectivity index (χ3v) is 3.72. The predicted octanol–water partition coefficient (Wildman–Crippen LogP) is 2.90. The van der Waals surface area contributed by atoms with Gasteiger partial charge in [0.25, 0.3) is 0 Å². The van der Waals surface area contributed by atoms with Gasteiger partial charge in [-0.15, -0.1) is 0 Å². The van der Waals surface area contributed by atoms with E-state index in [0.29, 0.717) is 5.22 Å². The summed E-state index contributed by atoms with van der Waals surface area (Å²) < 4.78 is 5.28. The summed E-state index contributed by atoms with van der Waals surface area (Å²) in [6, 6.07) is 4.49. The van der Waals surface area contributed by atoms with Gasteiger partial charge in [0.2, 0.25) is 0 Å². The van der Waals surface area contributed by atoms with Crippen molar-refractivity contribution >= 4 is 11.6 Å². The second-order valence-corrected chi connectivity index (χ2v) is 5.17. The first-order valence-electron chi connectivity index (χ1n) is 6.41. The maximum Gasteiger partial charge on any atom is 0.193 e. The molecule has 1 aliphatic carbocycles. The Morgan fingerprint density at radius 2 is 2.18 bits per heavy atom. The molecule has 17 heavy (non-hydrogen) atoms. The monoisotopic (exact) mass is 256 g/mol. The van der Waals surface area contributed by atoms with Crippen LogP contribution in [0.4, 0.5) is 0 Å². The molecule has 0 saturated heterocycles. The quantitative estimate of drug-likeness (QED) is 0.794. The number of halogens is 1. The number of furan rings is 1. The first kappa shape index (κ1) is 12.9. The lowest BCUT2D eigenvalue weighted by atomic mass is 10.2. The van der Waals surface area contributed by atoms with Gasteiger partial charge in [-0.05, 0) is 43.6 Å². The van der Waals surface area contributed by atoms with Crippen molar-refractivity contribution in [3.8, 4) is 0 Å². The molecule has 2 rings (SSSR count). The van der Waals surface area contributed by atoms with E-state index in [-0.39, 0.29) is 0 Å². The molecule has 1 N–H and O–H groups in total. The fourth-order valence-electron chi connectivity index (χ4n) is 2.44. The van der Waals surface area contributed by atoms with Crippen LogP contribution in [-0.2, 0) is 6.54 Å². The van der Waals surface area contributed by atoms with Crippen LogP contribution in [0.15, 0.2) is 16.5 Å². The summed E-state index contributed by atoms with van der Waals surface area (Å²) in [7, 11) is 2.22. The zero-order valence-corrected chi connectivity index (χ0v) is 11.2. The van der Waals surface area contributed by atoms with Crippen LogP contribution in [0, 0.1) is 0 Å². The van der Waals surface area contributed by atoms with E-state index in [0.717, 1.165) is 31.4 Å². The van der Waals surface area contributed by atoms with Gasteiger partial charge in [-0.2, -0.15) is 0 Å². The lowest BCUT2D eigenvalue weighted by Gasteiger charge is -2.23. The molecule has 4 heteroatoms. The molecule has 1 heterocycles. The molecule has 96 valence electrons. The molecule has 0 spiro atoms. The second kappa shape index (κ2) is 6.43. The van der Waals surface area contributed by atoms with Crippen molar-refractivity contribution in [1.29, 1.82) is 0 Å². The number of nitrogens with one attached hydrogen (secondary N) is 1. The molecule has 0 aliphatic heterocycles. The highest BCUT2D eigenvalue weighted by atomic mass is 35.5. The standard InChI is InChI=1S/C13H21ClN2O/c1-16(11-4-2-3-5-11)9-8-15-10-12-6-7-13(14)17-12/h6-7,11,15H,2-5,8-10H2,1H3. The molecule has 1 saturated carbocycles. The van der Waals surface area contributed by atoms with Crippen LogP contribution in [0.2, 0.25) is 5.22 Å². The van der Waals surface area contributed by atoms with Gasteiger partial charge in [-0.1, -0.05) is 12.8 Å².